The zero-order valence-corrected chi connectivity index (χ0v) is 15.7. The molecule has 0 fully saturated rings. The van der Waals surface area contributed by atoms with Crippen molar-refractivity contribution < 1.29 is 0 Å². The molecule has 0 aliphatic heterocycles. The lowest BCUT2D eigenvalue weighted by Crippen LogP contribution is -1.96. The van der Waals surface area contributed by atoms with Crippen LogP contribution in [-0.2, 0) is 0 Å². The van der Waals surface area contributed by atoms with Crippen molar-refractivity contribution in [1.82, 2.24) is 9.97 Å². The van der Waals surface area contributed by atoms with E-state index in [2.05, 4.69) is 80.6 Å². The van der Waals surface area contributed by atoms with Gasteiger partial charge in [-0.3, -0.25) is 0 Å². The van der Waals surface area contributed by atoms with E-state index in [1.165, 1.54) is 32.7 Å². The van der Waals surface area contributed by atoms with E-state index in [-0.39, 0.29) is 0 Å². The summed E-state index contributed by atoms with van der Waals surface area (Å²) in [4.78, 5) is 9.64. The highest BCUT2D eigenvalue weighted by atomic mass is 14.9. The average molecular weight is 348 g/mol. The molecule has 0 aliphatic rings. The number of fused-ring (bicyclic) bond motifs is 5. The van der Waals surface area contributed by atoms with Gasteiger partial charge >= 0.3 is 0 Å². The van der Waals surface area contributed by atoms with Crippen LogP contribution in [-0.4, -0.2) is 9.97 Å². The minimum Gasteiger partial charge on any atom is -0.233 e. The summed E-state index contributed by atoms with van der Waals surface area (Å²) in [6.07, 6.45) is 0. The third-order valence-electron chi connectivity index (χ3n) is 5.20. The number of benzene rings is 4. The zero-order chi connectivity index (χ0) is 18.5. The molecule has 0 bridgehead atoms. The molecule has 0 saturated carbocycles. The van der Waals surface area contributed by atoms with Gasteiger partial charge < -0.3 is 0 Å². The molecule has 5 aromatic rings. The van der Waals surface area contributed by atoms with Crippen LogP contribution >= 0.6 is 0 Å². The van der Waals surface area contributed by atoms with E-state index in [0.717, 1.165) is 28.0 Å². The maximum atomic E-state index is 4.83. The summed E-state index contributed by atoms with van der Waals surface area (Å²) in [5, 5.41) is 6.05. The Morgan fingerprint density at radius 3 is 2.11 bits per heavy atom. The van der Waals surface area contributed by atoms with Crippen LogP contribution in [0.1, 0.15) is 17.0 Å². The van der Waals surface area contributed by atoms with Crippen molar-refractivity contribution in [1.29, 1.82) is 0 Å². The summed E-state index contributed by atoms with van der Waals surface area (Å²) in [7, 11) is 0. The van der Waals surface area contributed by atoms with Gasteiger partial charge in [0.05, 0.1) is 11.2 Å². The van der Waals surface area contributed by atoms with Gasteiger partial charge in [-0.05, 0) is 55.1 Å². The molecule has 0 aliphatic carbocycles. The van der Waals surface area contributed by atoms with Gasteiger partial charge in [0.1, 0.15) is 5.82 Å². The van der Waals surface area contributed by atoms with E-state index < -0.39 is 0 Å². The lowest BCUT2D eigenvalue weighted by Gasteiger charge is -2.12. The number of aromatic nitrogens is 2. The lowest BCUT2D eigenvalue weighted by molar-refractivity contribution is 1.10. The predicted molar refractivity (Wildman–Crippen MR) is 114 cm³/mol. The van der Waals surface area contributed by atoms with Gasteiger partial charge in [-0.15, -0.1) is 0 Å². The Hall–Kier alpha value is -3.26. The summed E-state index contributed by atoms with van der Waals surface area (Å²) < 4.78 is 0. The fraction of sp³-hybridized carbons (Fsp3) is 0.120. The summed E-state index contributed by atoms with van der Waals surface area (Å²) in [5.41, 5.74) is 5.70. The normalized spacial score (nSPS) is 11.5. The molecule has 0 atom stereocenters. The Kier molecular flexibility index (Phi) is 3.48. The average Bonchev–Trinajstić information content (AvgIpc) is 2.66. The van der Waals surface area contributed by atoms with E-state index >= 15 is 0 Å². The van der Waals surface area contributed by atoms with Crippen molar-refractivity contribution in [2.24, 2.45) is 0 Å². The van der Waals surface area contributed by atoms with E-state index in [0.29, 0.717) is 0 Å². The number of nitrogens with zero attached hydrogens (tertiary/aromatic N) is 2. The minimum absolute atomic E-state index is 0.803. The second kappa shape index (κ2) is 5.88. The van der Waals surface area contributed by atoms with E-state index in [4.69, 9.17) is 9.97 Å². The molecular formula is C25H20N2. The number of hydrogen-bond acceptors (Lipinski definition) is 2. The Balaban J connectivity index is 1.91. The highest BCUT2D eigenvalue weighted by Crippen LogP contribution is 2.34. The first-order valence-electron chi connectivity index (χ1n) is 9.28. The smallest absolute Gasteiger partial charge is 0.126 e. The standard InChI is InChI=1S/C25H20N2/c1-15-12-16(2)14-19(13-15)24-23-11-10-21-20-7-5-4-6-18(20)8-9-22(21)25(23)27-17(3)26-24/h4-14H,1-3H3. The molecule has 2 heteroatoms. The number of rotatable bonds is 1. The Bertz CT molecular complexity index is 1330. The largest absolute Gasteiger partial charge is 0.233 e. The monoisotopic (exact) mass is 348 g/mol. The molecule has 0 amide bonds. The van der Waals surface area contributed by atoms with Gasteiger partial charge in [0.25, 0.3) is 0 Å². The maximum absolute atomic E-state index is 4.83. The lowest BCUT2D eigenvalue weighted by atomic mass is 9.97. The van der Waals surface area contributed by atoms with Crippen molar-refractivity contribution in [2.45, 2.75) is 20.8 Å². The van der Waals surface area contributed by atoms with Crippen LogP contribution in [0.4, 0.5) is 0 Å². The first kappa shape index (κ1) is 16.0. The zero-order valence-electron chi connectivity index (χ0n) is 15.7. The van der Waals surface area contributed by atoms with E-state index in [9.17, 15) is 0 Å². The molecule has 130 valence electrons. The van der Waals surface area contributed by atoms with Crippen molar-refractivity contribution in [3.8, 4) is 11.3 Å². The first-order valence-corrected chi connectivity index (χ1v) is 9.28. The van der Waals surface area contributed by atoms with Crippen LogP contribution in [0.5, 0.6) is 0 Å². The van der Waals surface area contributed by atoms with Crippen molar-refractivity contribution in [3.05, 3.63) is 83.7 Å². The highest BCUT2D eigenvalue weighted by Gasteiger charge is 2.13. The predicted octanol–water partition coefficient (Wildman–Crippen LogP) is 6.53. The summed E-state index contributed by atoms with van der Waals surface area (Å²) in [6.45, 7) is 6.24. The number of aryl methyl sites for hydroxylation is 3. The molecule has 0 radical (unpaired) electrons. The molecule has 5 rings (SSSR count). The third kappa shape index (κ3) is 2.57. The molecule has 4 aromatic carbocycles. The molecule has 1 aromatic heterocycles. The van der Waals surface area contributed by atoms with Gasteiger partial charge in [0.2, 0.25) is 0 Å². The molecule has 27 heavy (non-hydrogen) atoms. The topological polar surface area (TPSA) is 25.8 Å². The molecule has 0 saturated heterocycles. The van der Waals surface area contributed by atoms with Crippen LogP contribution in [0.3, 0.4) is 0 Å². The van der Waals surface area contributed by atoms with Crippen LogP contribution in [0, 0.1) is 20.8 Å². The van der Waals surface area contributed by atoms with Crippen molar-refractivity contribution in [2.75, 3.05) is 0 Å². The SMILES string of the molecule is Cc1cc(C)cc(-c2nc(C)nc3c2ccc2c4ccccc4ccc23)c1. The molecular weight excluding hydrogens is 328 g/mol. The Morgan fingerprint density at radius 1 is 0.593 bits per heavy atom. The Morgan fingerprint density at radius 2 is 1.30 bits per heavy atom. The van der Waals surface area contributed by atoms with Crippen LogP contribution in [0.2, 0.25) is 0 Å². The quantitative estimate of drug-likeness (QED) is 0.322. The van der Waals surface area contributed by atoms with Crippen LogP contribution < -0.4 is 0 Å². The minimum atomic E-state index is 0.803. The molecule has 1 heterocycles. The first-order chi connectivity index (χ1) is 13.1. The summed E-state index contributed by atoms with van der Waals surface area (Å²) in [5.74, 6) is 0.803. The third-order valence-corrected chi connectivity index (χ3v) is 5.20. The molecule has 0 unspecified atom stereocenters. The van der Waals surface area contributed by atoms with E-state index in [1.54, 1.807) is 0 Å². The summed E-state index contributed by atoms with van der Waals surface area (Å²) >= 11 is 0. The van der Waals surface area contributed by atoms with Gasteiger partial charge in [-0.25, -0.2) is 9.97 Å². The molecule has 0 spiro atoms. The van der Waals surface area contributed by atoms with Gasteiger partial charge in [0.15, 0.2) is 0 Å². The van der Waals surface area contributed by atoms with Crippen LogP contribution in [0.25, 0.3) is 43.7 Å². The van der Waals surface area contributed by atoms with Crippen molar-refractivity contribution in [3.63, 3.8) is 0 Å². The summed E-state index contributed by atoms with van der Waals surface area (Å²) in [6, 6.07) is 23.9. The maximum Gasteiger partial charge on any atom is 0.126 e. The fourth-order valence-corrected chi connectivity index (χ4v) is 4.12. The Labute approximate surface area is 158 Å². The van der Waals surface area contributed by atoms with Crippen LogP contribution in [0.15, 0.2) is 66.7 Å². The second-order valence-corrected chi connectivity index (χ2v) is 7.34. The highest BCUT2D eigenvalue weighted by molar-refractivity contribution is 6.17. The number of hydrogen-bond donors (Lipinski definition) is 0. The van der Waals surface area contributed by atoms with Gasteiger partial charge in [0, 0.05) is 16.3 Å². The van der Waals surface area contributed by atoms with Gasteiger partial charge in [-0.1, -0.05) is 59.7 Å². The second-order valence-electron chi connectivity index (χ2n) is 7.34. The molecule has 2 nitrogen and oxygen atoms in total. The fourth-order valence-electron chi connectivity index (χ4n) is 4.12. The van der Waals surface area contributed by atoms with Gasteiger partial charge in [-0.2, -0.15) is 0 Å². The van der Waals surface area contributed by atoms with E-state index in [1.807, 2.05) is 6.92 Å². The molecule has 0 N–H and O–H groups in total. The van der Waals surface area contributed by atoms with Crippen molar-refractivity contribution >= 4 is 32.4 Å².